The average Bonchev–Trinajstić information content (AvgIpc) is 2.38. The van der Waals surface area contributed by atoms with E-state index in [-0.39, 0.29) is 6.61 Å². The molecule has 3 nitrogen and oxygen atoms in total. The first kappa shape index (κ1) is 16.6. The summed E-state index contributed by atoms with van der Waals surface area (Å²) in [7, 11) is 0. The van der Waals surface area contributed by atoms with Crippen molar-refractivity contribution < 1.29 is 9.84 Å². The van der Waals surface area contributed by atoms with Crippen LogP contribution in [0, 0.1) is 0 Å². The molecule has 0 saturated heterocycles. The number of unbranched alkanes of at least 4 members (excludes halogenated alkanes) is 2. The second kappa shape index (κ2) is 9.43. The van der Waals surface area contributed by atoms with Crippen molar-refractivity contribution in [1.29, 1.82) is 0 Å². The molecule has 19 heavy (non-hydrogen) atoms. The Kier molecular flexibility index (Phi) is 8.22. The van der Waals surface area contributed by atoms with Crippen LogP contribution in [0.3, 0.4) is 0 Å². The molecule has 0 unspecified atom stereocenters. The molecule has 0 bridgehead atoms. The van der Waals surface area contributed by atoms with Gasteiger partial charge in [-0.1, -0.05) is 23.2 Å². The third-order valence-electron chi connectivity index (χ3n) is 2.69. The van der Waals surface area contributed by atoms with E-state index in [0.717, 1.165) is 37.9 Å². The lowest BCUT2D eigenvalue weighted by atomic mass is 10.2. The molecule has 0 aliphatic rings. The van der Waals surface area contributed by atoms with Crippen LogP contribution >= 0.6 is 23.2 Å². The molecule has 1 aromatic rings. The molecule has 5 heteroatoms. The lowest BCUT2D eigenvalue weighted by Gasteiger charge is -2.11. The van der Waals surface area contributed by atoms with Crippen LogP contribution in [0.5, 0.6) is 5.75 Å². The van der Waals surface area contributed by atoms with Crippen molar-refractivity contribution >= 4 is 23.2 Å². The van der Waals surface area contributed by atoms with Gasteiger partial charge in [0.1, 0.15) is 0 Å². The summed E-state index contributed by atoms with van der Waals surface area (Å²) in [5, 5.41) is 13.1. The predicted molar refractivity (Wildman–Crippen MR) is 80.3 cm³/mol. The minimum atomic E-state index is 0.268. The monoisotopic (exact) mass is 305 g/mol. The van der Waals surface area contributed by atoms with Crippen molar-refractivity contribution in [1.82, 2.24) is 5.32 Å². The van der Waals surface area contributed by atoms with Crippen molar-refractivity contribution in [2.24, 2.45) is 0 Å². The van der Waals surface area contributed by atoms with E-state index in [1.165, 1.54) is 0 Å². The summed E-state index contributed by atoms with van der Waals surface area (Å²) in [4.78, 5) is 0. The van der Waals surface area contributed by atoms with Gasteiger partial charge in [0.05, 0.1) is 16.7 Å². The van der Waals surface area contributed by atoms with Crippen molar-refractivity contribution in [3.05, 3.63) is 27.7 Å². The van der Waals surface area contributed by atoms with Gasteiger partial charge < -0.3 is 15.2 Å². The van der Waals surface area contributed by atoms with Gasteiger partial charge in [-0.2, -0.15) is 0 Å². The first-order valence-corrected chi connectivity index (χ1v) is 7.37. The summed E-state index contributed by atoms with van der Waals surface area (Å²) < 4.78 is 5.38. The van der Waals surface area contributed by atoms with Gasteiger partial charge >= 0.3 is 0 Å². The van der Waals surface area contributed by atoms with Crippen LogP contribution in [0.25, 0.3) is 0 Å². The van der Waals surface area contributed by atoms with Gasteiger partial charge in [0.2, 0.25) is 0 Å². The van der Waals surface area contributed by atoms with E-state index in [1.54, 1.807) is 0 Å². The molecule has 1 rings (SSSR count). The largest absolute Gasteiger partial charge is 0.491 e. The van der Waals surface area contributed by atoms with E-state index < -0.39 is 0 Å². The number of halogens is 2. The highest BCUT2D eigenvalue weighted by molar-refractivity contribution is 6.37. The van der Waals surface area contributed by atoms with Crippen LogP contribution in [0.4, 0.5) is 0 Å². The average molecular weight is 306 g/mol. The Morgan fingerprint density at radius 1 is 1.16 bits per heavy atom. The summed E-state index contributed by atoms with van der Waals surface area (Å²) in [5.74, 6) is 0.553. The number of rotatable bonds is 9. The van der Waals surface area contributed by atoms with Crippen LogP contribution < -0.4 is 10.1 Å². The van der Waals surface area contributed by atoms with Crippen LogP contribution in [-0.4, -0.2) is 24.9 Å². The van der Waals surface area contributed by atoms with Crippen LogP contribution in [0.1, 0.15) is 31.7 Å². The van der Waals surface area contributed by atoms with E-state index in [0.29, 0.717) is 22.4 Å². The Hall–Kier alpha value is -0.480. The van der Waals surface area contributed by atoms with Gasteiger partial charge in [-0.25, -0.2) is 0 Å². The molecular weight excluding hydrogens is 285 g/mol. The number of aliphatic hydroxyl groups is 1. The molecule has 1 aromatic carbocycles. The molecule has 0 heterocycles. The smallest absolute Gasteiger partial charge is 0.156 e. The normalized spacial score (nSPS) is 10.7. The van der Waals surface area contributed by atoms with E-state index >= 15 is 0 Å². The van der Waals surface area contributed by atoms with Crippen molar-refractivity contribution in [3.63, 3.8) is 0 Å². The second-order valence-corrected chi connectivity index (χ2v) is 5.10. The lowest BCUT2D eigenvalue weighted by Crippen LogP contribution is -2.14. The highest BCUT2D eigenvalue weighted by Crippen LogP contribution is 2.34. The summed E-state index contributed by atoms with van der Waals surface area (Å²) >= 11 is 12.3. The minimum Gasteiger partial charge on any atom is -0.491 e. The third-order valence-corrected chi connectivity index (χ3v) is 3.25. The number of hydrogen-bond acceptors (Lipinski definition) is 3. The van der Waals surface area contributed by atoms with Crippen LogP contribution in [0.2, 0.25) is 10.0 Å². The molecule has 0 radical (unpaired) electrons. The number of benzene rings is 1. The Labute approximate surface area is 124 Å². The molecule has 2 N–H and O–H groups in total. The fourth-order valence-corrected chi connectivity index (χ4v) is 2.41. The molecule has 0 saturated carbocycles. The highest BCUT2D eigenvalue weighted by atomic mass is 35.5. The fraction of sp³-hybridized carbons (Fsp3) is 0.571. The standard InChI is InChI=1S/C14H21Cl2NO2/c1-2-19-14-12(15)8-11(9-13(14)16)10-17-6-4-3-5-7-18/h8-9,17-18H,2-7,10H2,1H3. The molecule has 0 atom stereocenters. The summed E-state index contributed by atoms with van der Waals surface area (Å²) in [6, 6.07) is 3.75. The summed E-state index contributed by atoms with van der Waals surface area (Å²) in [6.07, 6.45) is 2.95. The quantitative estimate of drug-likeness (QED) is 0.684. The van der Waals surface area contributed by atoms with Crippen molar-refractivity contribution in [3.8, 4) is 5.75 Å². The highest BCUT2D eigenvalue weighted by Gasteiger charge is 2.08. The molecule has 0 fully saturated rings. The third kappa shape index (κ3) is 6.00. The predicted octanol–water partition coefficient (Wildman–Crippen LogP) is 3.64. The van der Waals surface area contributed by atoms with Gasteiger partial charge in [0.25, 0.3) is 0 Å². The SMILES string of the molecule is CCOc1c(Cl)cc(CNCCCCCO)cc1Cl. The van der Waals surface area contributed by atoms with Gasteiger partial charge in [-0.05, 0) is 50.4 Å². The molecule has 0 amide bonds. The number of aliphatic hydroxyl groups excluding tert-OH is 1. The summed E-state index contributed by atoms with van der Waals surface area (Å²) in [5.41, 5.74) is 1.04. The molecule has 108 valence electrons. The second-order valence-electron chi connectivity index (χ2n) is 4.28. The maximum Gasteiger partial charge on any atom is 0.156 e. The Bertz CT molecular complexity index is 363. The lowest BCUT2D eigenvalue weighted by molar-refractivity contribution is 0.283. The zero-order chi connectivity index (χ0) is 14.1. The zero-order valence-corrected chi connectivity index (χ0v) is 12.7. The van der Waals surface area contributed by atoms with Gasteiger partial charge in [0.15, 0.2) is 5.75 Å². The molecule has 0 aliphatic heterocycles. The Balaban J connectivity index is 2.42. The summed E-state index contributed by atoms with van der Waals surface area (Å²) in [6.45, 7) is 4.36. The Morgan fingerprint density at radius 2 is 1.84 bits per heavy atom. The number of hydrogen-bond donors (Lipinski definition) is 2. The first-order valence-electron chi connectivity index (χ1n) is 6.61. The van der Waals surface area contributed by atoms with E-state index in [9.17, 15) is 0 Å². The molecule has 0 aromatic heterocycles. The van der Waals surface area contributed by atoms with Gasteiger partial charge in [-0.15, -0.1) is 0 Å². The van der Waals surface area contributed by atoms with E-state index in [4.69, 9.17) is 33.0 Å². The van der Waals surface area contributed by atoms with Gasteiger partial charge in [-0.3, -0.25) is 0 Å². The number of nitrogens with one attached hydrogen (secondary N) is 1. The first-order chi connectivity index (χ1) is 9.19. The Morgan fingerprint density at radius 3 is 2.42 bits per heavy atom. The van der Waals surface area contributed by atoms with Crippen LogP contribution in [0.15, 0.2) is 12.1 Å². The fourth-order valence-electron chi connectivity index (χ4n) is 1.77. The topological polar surface area (TPSA) is 41.5 Å². The van der Waals surface area contributed by atoms with Crippen molar-refractivity contribution in [2.75, 3.05) is 19.8 Å². The maximum absolute atomic E-state index is 8.67. The van der Waals surface area contributed by atoms with Crippen molar-refractivity contribution in [2.45, 2.75) is 32.7 Å². The van der Waals surface area contributed by atoms with Crippen LogP contribution in [-0.2, 0) is 6.54 Å². The van der Waals surface area contributed by atoms with Gasteiger partial charge in [0, 0.05) is 13.2 Å². The maximum atomic E-state index is 8.67. The zero-order valence-electron chi connectivity index (χ0n) is 11.2. The molecular formula is C14H21Cl2NO2. The molecule has 0 spiro atoms. The van der Waals surface area contributed by atoms with E-state index in [1.807, 2.05) is 19.1 Å². The van der Waals surface area contributed by atoms with E-state index in [2.05, 4.69) is 5.32 Å². The molecule has 0 aliphatic carbocycles. The minimum absolute atomic E-state index is 0.268. The number of ether oxygens (including phenoxy) is 1.